The molecule has 0 aliphatic carbocycles. The summed E-state index contributed by atoms with van der Waals surface area (Å²) in [6.45, 7) is 6.72. The first kappa shape index (κ1) is 12.1. The lowest BCUT2D eigenvalue weighted by Gasteiger charge is -1.80. The molecular formula is C7H10O4. The summed E-state index contributed by atoms with van der Waals surface area (Å²) in [5.74, 6) is -2.62. The van der Waals surface area contributed by atoms with Crippen molar-refractivity contribution in [3.63, 3.8) is 0 Å². The van der Waals surface area contributed by atoms with Crippen molar-refractivity contribution in [2.75, 3.05) is 0 Å². The maximum absolute atomic E-state index is 9.43. The molecule has 4 heteroatoms. The SMILES string of the molecule is C=CC=C.O=C(O)CC(=O)O. The zero-order valence-electron chi connectivity index (χ0n) is 5.99. The third-order valence-corrected chi connectivity index (χ3v) is 0.469. The van der Waals surface area contributed by atoms with E-state index in [1.165, 1.54) is 0 Å². The van der Waals surface area contributed by atoms with Crippen molar-refractivity contribution in [1.29, 1.82) is 0 Å². The molecule has 0 saturated heterocycles. The summed E-state index contributed by atoms with van der Waals surface area (Å²) in [7, 11) is 0. The maximum atomic E-state index is 9.43. The summed E-state index contributed by atoms with van der Waals surface area (Å²) < 4.78 is 0. The van der Waals surface area contributed by atoms with E-state index in [9.17, 15) is 9.59 Å². The van der Waals surface area contributed by atoms with E-state index < -0.39 is 18.4 Å². The zero-order chi connectivity index (χ0) is 9.28. The van der Waals surface area contributed by atoms with Crippen molar-refractivity contribution in [3.05, 3.63) is 25.3 Å². The summed E-state index contributed by atoms with van der Waals surface area (Å²) in [5.41, 5.74) is 0. The molecule has 0 aromatic heterocycles. The van der Waals surface area contributed by atoms with Gasteiger partial charge in [0.05, 0.1) is 0 Å². The summed E-state index contributed by atoms with van der Waals surface area (Å²) in [6.07, 6.45) is 2.47. The van der Waals surface area contributed by atoms with Gasteiger partial charge in [-0.15, -0.1) is 0 Å². The molecule has 2 N–H and O–H groups in total. The van der Waals surface area contributed by atoms with Gasteiger partial charge < -0.3 is 10.2 Å². The Morgan fingerprint density at radius 1 is 1.09 bits per heavy atom. The van der Waals surface area contributed by atoms with Crippen LogP contribution in [0.4, 0.5) is 0 Å². The molecule has 0 heterocycles. The van der Waals surface area contributed by atoms with Crippen LogP contribution in [0.25, 0.3) is 0 Å². The average Bonchev–Trinajstić information content (AvgIpc) is 1.85. The van der Waals surface area contributed by atoms with E-state index >= 15 is 0 Å². The maximum Gasteiger partial charge on any atom is 0.314 e. The molecule has 11 heavy (non-hydrogen) atoms. The van der Waals surface area contributed by atoms with Gasteiger partial charge in [0.25, 0.3) is 0 Å². The van der Waals surface area contributed by atoms with E-state index in [1.54, 1.807) is 12.2 Å². The number of aliphatic carboxylic acids is 2. The summed E-state index contributed by atoms with van der Waals surface area (Å²) in [6, 6.07) is 0. The minimum atomic E-state index is -1.31. The van der Waals surface area contributed by atoms with Crippen LogP contribution in [0, 0.1) is 0 Å². The summed E-state index contributed by atoms with van der Waals surface area (Å²) >= 11 is 0. The largest absolute Gasteiger partial charge is 0.481 e. The highest BCUT2D eigenvalue weighted by Crippen LogP contribution is 1.74. The molecule has 0 aromatic carbocycles. The van der Waals surface area contributed by atoms with Gasteiger partial charge in [-0.2, -0.15) is 0 Å². The van der Waals surface area contributed by atoms with Crippen molar-refractivity contribution in [2.24, 2.45) is 0 Å². The fraction of sp³-hybridized carbons (Fsp3) is 0.143. The Kier molecular flexibility index (Phi) is 9.29. The van der Waals surface area contributed by atoms with Gasteiger partial charge in [0.15, 0.2) is 0 Å². The number of rotatable bonds is 3. The van der Waals surface area contributed by atoms with Crippen LogP contribution in [0.2, 0.25) is 0 Å². The number of carboxylic acid groups (broad SMARTS) is 2. The molecule has 0 spiro atoms. The van der Waals surface area contributed by atoms with Gasteiger partial charge in [-0.05, 0) is 0 Å². The molecule has 0 rings (SSSR count). The zero-order valence-corrected chi connectivity index (χ0v) is 5.99. The number of hydrogen-bond acceptors (Lipinski definition) is 2. The Labute approximate surface area is 64.5 Å². The number of allylic oxidation sites excluding steroid dienone is 2. The Morgan fingerprint density at radius 2 is 1.36 bits per heavy atom. The van der Waals surface area contributed by atoms with Gasteiger partial charge in [0.2, 0.25) is 0 Å². The molecule has 0 saturated carbocycles. The average molecular weight is 158 g/mol. The van der Waals surface area contributed by atoms with Crippen LogP contribution in [0.3, 0.4) is 0 Å². The van der Waals surface area contributed by atoms with Crippen molar-refractivity contribution >= 4 is 11.9 Å². The van der Waals surface area contributed by atoms with Crippen LogP contribution >= 0.6 is 0 Å². The van der Waals surface area contributed by atoms with Crippen LogP contribution in [0.15, 0.2) is 25.3 Å². The lowest BCUT2D eigenvalue weighted by atomic mass is 10.5. The predicted octanol–water partition coefficient (Wildman–Crippen LogP) is 0.904. The Morgan fingerprint density at radius 3 is 1.36 bits per heavy atom. The molecule has 4 nitrogen and oxygen atoms in total. The van der Waals surface area contributed by atoms with Crippen molar-refractivity contribution < 1.29 is 19.8 Å². The van der Waals surface area contributed by atoms with Gasteiger partial charge in [-0.1, -0.05) is 25.3 Å². The third kappa shape index (κ3) is 29.7. The van der Waals surface area contributed by atoms with Gasteiger partial charge in [-0.25, -0.2) is 0 Å². The first-order chi connectivity index (χ1) is 5.04. The van der Waals surface area contributed by atoms with Crippen LogP contribution in [0.5, 0.6) is 0 Å². The molecular weight excluding hydrogens is 148 g/mol. The van der Waals surface area contributed by atoms with Crippen molar-refractivity contribution in [3.8, 4) is 0 Å². The standard InChI is InChI=1S/C4H6.C3H4O4/c1-3-4-2;4-2(5)1-3(6)7/h3-4H,1-2H2;1H2,(H,4,5)(H,6,7). The van der Waals surface area contributed by atoms with Gasteiger partial charge in [0, 0.05) is 0 Å². The van der Waals surface area contributed by atoms with Crippen LogP contribution in [0.1, 0.15) is 6.42 Å². The molecule has 0 aliphatic rings. The van der Waals surface area contributed by atoms with E-state index in [0.29, 0.717) is 0 Å². The third-order valence-electron chi connectivity index (χ3n) is 0.469. The number of hydrogen-bond donors (Lipinski definition) is 2. The van der Waals surface area contributed by atoms with E-state index in [0.717, 1.165) is 0 Å². The van der Waals surface area contributed by atoms with E-state index in [1.807, 2.05) is 0 Å². The van der Waals surface area contributed by atoms with E-state index in [-0.39, 0.29) is 0 Å². The van der Waals surface area contributed by atoms with E-state index in [4.69, 9.17) is 10.2 Å². The molecule has 0 aliphatic heterocycles. The van der Waals surface area contributed by atoms with Gasteiger partial charge in [-0.3, -0.25) is 9.59 Å². The van der Waals surface area contributed by atoms with Gasteiger partial charge in [0.1, 0.15) is 6.42 Å². The number of carboxylic acids is 2. The highest BCUT2D eigenvalue weighted by Gasteiger charge is 2.01. The van der Waals surface area contributed by atoms with Crippen LogP contribution < -0.4 is 0 Å². The Hall–Kier alpha value is -1.58. The normalized spacial score (nSPS) is 6.91. The quantitative estimate of drug-likeness (QED) is 0.472. The molecule has 62 valence electrons. The van der Waals surface area contributed by atoms with E-state index in [2.05, 4.69) is 13.2 Å². The molecule has 0 unspecified atom stereocenters. The molecule has 0 radical (unpaired) electrons. The fourth-order valence-electron chi connectivity index (χ4n) is 0.129. The minimum Gasteiger partial charge on any atom is -0.481 e. The second kappa shape index (κ2) is 8.42. The Balaban J connectivity index is 0. The smallest absolute Gasteiger partial charge is 0.314 e. The molecule has 0 aromatic rings. The predicted molar refractivity (Wildman–Crippen MR) is 40.3 cm³/mol. The first-order valence-electron chi connectivity index (χ1n) is 2.71. The molecule has 0 amide bonds. The molecule has 0 bridgehead atoms. The van der Waals surface area contributed by atoms with Gasteiger partial charge >= 0.3 is 11.9 Å². The monoisotopic (exact) mass is 158 g/mol. The Bertz CT molecular complexity index is 142. The summed E-state index contributed by atoms with van der Waals surface area (Å²) in [5, 5.41) is 15.4. The summed E-state index contributed by atoms with van der Waals surface area (Å²) in [4.78, 5) is 18.9. The van der Waals surface area contributed by atoms with Crippen molar-refractivity contribution in [2.45, 2.75) is 6.42 Å². The van der Waals surface area contributed by atoms with Crippen molar-refractivity contribution in [1.82, 2.24) is 0 Å². The lowest BCUT2D eigenvalue weighted by molar-refractivity contribution is -0.147. The molecule has 0 fully saturated rings. The first-order valence-corrected chi connectivity index (χ1v) is 2.71. The van der Waals surface area contributed by atoms with Crippen LogP contribution in [-0.2, 0) is 9.59 Å². The minimum absolute atomic E-state index is 0.806. The lowest BCUT2D eigenvalue weighted by Crippen LogP contribution is -2.03. The van der Waals surface area contributed by atoms with Crippen LogP contribution in [-0.4, -0.2) is 22.2 Å². The highest BCUT2D eigenvalue weighted by molar-refractivity contribution is 5.88. The highest BCUT2D eigenvalue weighted by atomic mass is 16.4. The second-order valence-corrected chi connectivity index (χ2v) is 1.44. The topological polar surface area (TPSA) is 74.6 Å². The molecule has 0 atom stereocenters. The second-order valence-electron chi connectivity index (χ2n) is 1.44. The fourth-order valence-corrected chi connectivity index (χ4v) is 0.129. The number of carbonyl (C=O) groups is 2.